The average molecular weight is 545 g/mol. The number of esters is 2. The summed E-state index contributed by atoms with van der Waals surface area (Å²) < 4.78 is 26.6. The number of aliphatic hydroxyl groups excluding tert-OH is 1. The van der Waals surface area contributed by atoms with Crippen molar-refractivity contribution in [3.05, 3.63) is 29.5 Å². The van der Waals surface area contributed by atoms with Crippen molar-refractivity contribution in [3.63, 3.8) is 0 Å². The van der Waals surface area contributed by atoms with Crippen LogP contribution in [0.25, 0.3) is 0 Å². The summed E-state index contributed by atoms with van der Waals surface area (Å²) in [5.41, 5.74) is -4.87. The van der Waals surface area contributed by atoms with Crippen molar-refractivity contribution in [3.8, 4) is 11.5 Å². The molecule has 1 aromatic rings. The second kappa shape index (κ2) is 8.33. The normalized spacial score (nSPS) is 35.2. The Morgan fingerprint density at radius 3 is 2.49 bits per heavy atom. The van der Waals surface area contributed by atoms with Gasteiger partial charge >= 0.3 is 18.0 Å². The van der Waals surface area contributed by atoms with Gasteiger partial charge in [0.15, 0.2) is 11.5 Å². The van der Waals surface area contributed by atoms with Crippen LogP contribution in [-0.4, -0.2) is 92.0 Å². The van der Waals surface area contributed by atoms with E-state index in [4.69, 9.17) is 23.7 Å². The van der Waals surface area contributed by atoms with Gasteiger partial charge in [-0.2, -0.15) is 0 Å². The number of methoxy groups -OCH3 is 3. The summed E-state index contributed by atoms with van der Waals surface area (Å²) in [4.78, 5) is 55.1. The van der Waals surface area contributed by atoms with Crippen LogP contribution in [-0.2, 0) is 34.0 Å². The Labute approximate surface area is 222 Å². The van der Waals surface area contributed by atoms with Crippen molar-refractivity contribution < 1.29 is 53.1 Å². The molecule has 0 unspecified atom stereocenters. The molecule has 0 bridgehead atoms. The Morgan fingerprint density at radius 2 is 1.82 bits per heavy atom. The molecular formula is C26H28N2O11. The van der Waals surface area contributed by atoms with E-state index in [-0.39, 0.29) is 48.8 Å². The van der Waals surface area contributed by atoms with E-state index < -0.39 is 52.7 Å². The fourth-order valence-electron chi connectivity index (χ4n) is 7.99. The summed E-state index contributed by atoms with van der Waals surface area (Å²) >= 11 is 0. The first-order chi connectivity index (χ1) is 18.7. The Kier molecular flexibility index (Phi) is 5.43. The highest BCUT2D eigenvalue weighted by Crippen LogP contribution is 2.69. The fourth-order valence-corrected chi connectivity index (χ4v) is 7.99. The van der Waals surface area contributed by atoms with Gasteiger partial charge in [-0.1, -0.05) is 6.07 Å². The zero-order chi connectivity index (χ0) is 27.9. The lowest BCUT2D eigenvalue weighted by Crippen LogP contribution is -2.77. The summed E-state index contributed by atoms with van der Waals surface area (Å²) in [7, 11) is 3.42. The van der Waals surface area contributed by atoms with Crippen LogP contribution in [0.15, 0.2) is 23.9 Å². The highest BCUT2D eigenvalue weighted by atomic mass is 16.7. The summed E-state index contributed by atoms with van der Waals surface area (Å²) in [5, 5.41) is 23.9. The van der Waals surface area contributed by atoms with E-state index in [1.54, 1.807) is 17.0 Å². The van der Waals surface area contributed by atoms with Crippen molar-refractivity contribution in [1.82, 2.24) is 4.90 Å². The third-order valence-corrected chi connectivity index (χ3v) is 9.29. The first-order valence-corrected chi connectivity index (χ1v) is 12.5. The van der Waals surface area contributed by atoms with E-state index in [2.05, 4.69) is 0 Å². The molecule has 1 amide bonds. The number of hydrogen-bond donors (Lipinski definition) is 2. The maximum atomic E-state index is 13.6. The van der Waals surface area contributed by atoms with Gasteiger partial charge in [-0.25, -0.2) is 14.5 Å². The summed E-state index contributed by atoms with van der Waals surface area (Å²) in [6.07, 6.45) is -0.312. The number of carbonyl (C=O) groups is 4. The van der Waals surface area contributed by atoms with Gasteiger partial charge in [0.2, 0.25) is 6.79 Å². The van der Waals surface area contributed by atoms with Crippen LogP contribution in [0.5, 0.6) is 11.5 Å². The molecule has 1 aromatic carbocycles. The fraction of sp³-hybridized carbons (Fsp3) is 0.538. The number of amides is 1. The number of hydrogen-bond acceptors (Lipinski definition) is 12. The second-order valence-electron chi connectivity index (χ2n) is 10.4. The van der Waals surface area contributed by atoms with Gasteiger partial charge in [0.1, 0.15) is 23.5 Å². The number of benzene rings is 1. The maximum Gasteiger partial charge on any atom is 0.417 e. The lowest BCUT2D eigenvalue weighted by Gasteiger charge is -2.63. The van der Waals surface area contributed by atoms with E-state index in [9.17, 15) is 29.4 Å². The molecule has 6 rings (SSSR count). The standard InChI is InChI=1S/C26H28N2O11/c1-35-21(31)25-7-6-16-24(8-9-27(20(24)25)10-13(11-29)19(25)30)14-4-5-15-18(39-12-38-15)17(14)28(23(33)37-3)26(16,34)22(32)36-2/h4-5,10-11,16,19-20,30,34H,6-9,12H2,1-3H3/t16-,19+,20-,24+,25-,26+/m1/s1. The van der Waals surface area contributed by atoms with Crippen LogP contribution in [0.2, 0.25) is 0 Å². The van der Waals surface area contributed by atoms with E-state index in [1.807, 2.05) is 0 Å². The third kappa shape index (κ3) is 2.76. The van der Waals surface area contributed by atoms with Gasteiger partial charge in [0.25, 0.3) is 5.72 Å². The molecule has 2 N–H and O–H groups in total. The molecule has 4 heterocycles. The number of aldehydes is 1. The first-order valence-electron chi connectivity index (χ1n) is 12.5. The number of rotatable bonds is 3. The number of aliphatic hydroxyl groups is 2. The SMILES string of the molecule is COC(=O)N1c2c(ccc3c2OCO3)[C@@]23CCN4C=C(C=O)[C@H](O)[C@](C(=O)OC)(CC[C@H]2[C@]1(O)C(=O)OC)[C@H]43. The second-order valence-corrected chi connectivity index (χ2v) is 10.4. The molecule has 0 aromatic heterocycles. The van der Waals surface area contributed by atoms with Crippen LogP contribution < -0.4 is 14.4 Å². The molecule has 1 aliphatic carbocycles. The highest BCUT2D eigenvalue weighted by Gasteiger charge is 2.78. The Balaban J connectivity index is 1.73. The first kappa shape index (κ1) is 25.4. The lowest BCUT2D eigenvalue weighted by molar-refractivity contribution is -0.194. The largest absolute Gasteiger partial charge is 0.468 e. The average Bonchev–Trinajstić information content (AvgIpc) is 3.59. The Hall–Kier alpha value is -3.84. The minimum atomic E-state index is -2.59. The molecule has 2 fully saturated rings. The van der Waals surface area contributed by atoms with Crippen LogP contribution in [0.1, 0.15) is 24.8 Å². The Morgan fingerprint density at radius 1 is 1.08 bits per heavy atom. The van der Waals surface area contributed by atoms with E-state index in [0.717, 1.165) is 19.1 Å². The van der Waals surface area contributed by atoms with Gasteiger partial charge in [0.05, 0.1) is 27.4 Å². The number of fused-ring (bicyclic) bond motifs is 3. The number of nitrogens with zero attached hydrogens (tertiary/aromatic N) is 2. The quantitative estimate of drug-likeness (QED) is 0.303. The van der Waals surface area contributed by atoms with Crippen LogP contribution in [0.4, 0.5) is 10.5 Å². The minimum absolute atomic E-state index is 0.0182. The molecule has 6 atom stereocenters. The molecular weight excluding hydrogens is 516 g/mol. The summed E-state index contributed by atoms with van der Waals surface area (Å²) in [6.45, 7) is 0.146. The number of carbonyl (C=O) groups excluding carboxylic acids is 4. The molecule has 5 aliphatic rings. The van der Waals surface area contributed by atoms with Gasteiger partial charge < -0.3 is 38.8 Å². The van der Waals surface area contributed by atoms with Crippen molar-refractivity contribution in [2.24, 2.45) is 11.3 Å². The monoisotopic (exact) mass is 544 g/mol. The van der Waals surface area contributed by atoms with Crippen molar-refractivity contribution in [1.29, 1.82) is 0 Å². The molecule has 13 nitrogen and oxygen atoms in total. The molecule has 0 radical (unpaired) electrons. The van der Waals surface area contributed by atoms with Gasteiger partial charge in [-0.3, -0.25) is 9.59 Å². The van der Waals surface area contributed by atoms with Gasteiger partial charge in [-0.15, -0.1) is 0 Å². The van der Waals surface area contributed by atoms with Crippen LogP contribution >= 0.6 is 0 Å². The molecule has 208 valence electrons. The Bertz CT molecular complexity index is 1330. The summed E-state index contributed by atoms with van der Waals surface area (Å²) in [6, 6.07) is 2.50. The van der Waals surface area contributed by atoms with Crippen molar-refractivity contribution in [2.45, 2.75) is 42.5 Å². The molecule has 13 heteroatoms. The molecule has 1 spiro atoms. The third-order valence-electron chi connectivity index (χ3n) is 9.29. The molecule has 4 aliphatic heterocycles. The van der Waals surface area contributed by atoms with Crippen molar-refractivity contribution >= 4 is 30.0 Å². The van der Waals surface area contributed by atoms with E-state index in [1.165, 1.54) is 13.3 Å². The van der Waals surface area contributed by atoms with Crippen molar-refractivity contribution in [2.75, 3.05) is 39.6 Å². The minimum Gasteiger partial charge on any atom is -0.468 e. The lowest BCUT2D eigenvalue weighted by atomic mass is 9.46. The van der Waals surface area contributed by atoms with Gasteiger partial charge in [-0.05, 0) is 30.9 Å². The van der Waals surface area contributed by atoms with Crippen LogP contribution in [0.3, 0.4) is 0 Å². The molecule has 1 saturated heterocycles. The zero-order valence-electron chi connectivity index (χ0n) is 21.5. The summed E-state index contributed by atoms with van der Waals surface area (Å²) in [5.74, 6) is -2.46. The smallest absolute Gasteiger partial charge is 0.417 e. The maximum absolute atomic E-state index is 13.6. The predicted molar refractivity (Wildman–Crippen MR) is 129 cm³/mol. The zero-order valence-corrected chi connectivity index (χ0v) is 21.5. The predicted octanol–water partition coefficient (Wildman–Crippen LogP) is 0.202. The van der Waals surface area contributed by atoms with E-state index in [0.29, 0.717) is 18.4 Å². The van der Waals surface area contributed by atoms with Crippen LogP contribution in [0, 0.1) is 11.3 Å². The number of anilines is 1. The number of ether oxygens (including phenoxy) is 5. The topological polar surface area (TPSA) is 161 Å². The van der Waals surface area contributed by atoms with Gasteiger partial charge in [0, 0.05) is 29.7 Å². The molecule has 39 heavy (non-hydrogen) atoms. The highest BCUT2D eigenvalue weighted by molar-refractivity contribution is 6.02. The molecule has 1 saturated carbocycles. The van der Waals surface area contributed by atoms with E-state index >= 15 is 0 Å².